The second kappa shape index (κ2) is 4.20. The fourth-order valence-corrected chi connectivity index (χ4v) is 2.07. The molecule has 1 N–H and O–H groups in total. The molecule has 3 rings (SSSR count). The van der Waals surface area contributed by atoms with Crippen molar-refractivity contribution in [1.82, 2.24) is 14.8 Å². The van der Waals surface area contributed by atoms with Crippen molar-refractivity contribution in [2.24, 2.45) is 0 Å². The van der Waals surface area contributed by atoms with Crippen molar-refractivity contribution in [1.29, 1.82) is 0 Å². The number of benzene rings is 1. The quantitative estimate of drug-likeness (QED) is 0.761. The van der Waals surface area contributed by atoms with Crippen LogP contribution in [0.25, 0.3) is 16.6 Å². The fraction of sp³-hybridized carbons (Fsp3) is 0.0714. The highest BCUT2D eigenvalue weighted by Crippen LogP contribution is 2.20. The van der Waals surface area contributed by atoms with E-state index in [9.17, 15) is 4.79 Å². The van der Waals surface area contributed by atoms with Crippen molar-refractivity contribution in [2.75, 3.05) is 0 Å². The van der Waals surface area contributed by atoms with Crippen LogP contribution in [0, 0.1) is 6.92 Å². The molecule has 0 radical (unpaired) electrons. The molecule has 2 aromatic heterocycles. The predicted molar refractivity (Wildman–Crippen MR) is 70.6 cm³/mol. The van der Waals surface area contributed by atoms with E-state index >= 15 is 0 Å². The van der Waals surface area contributed by atoms with E-state index in [0.29, 0.717) is 5.69 Å². The Hall–Kier alpha value is -2.69. The fourth-order valence-electron chi connectivity index (χ4n) is 2.07. The molecule has 1 aromatic carbocycles. The Labute approximate surface area is 109 Å². The highest BCUT2D eigenvalue weighted by atomic mass is 16.4. The Morgan fingerprint density at radius 1 is 1.26 bits per heavy atom. The molecule has 0 aliphatic carbocycles. The van der Waals surface area contributed by atoms with Crippen LogP contribution in [0.4, 0.5) is 0 Å². The van der Waals surface area contributed by atoms with Crippen LogP contribution in [0.1, 0.15) is 16.1 Å². The van der Waals surface area contributed by atoms with Gasteiger partial charge >= 0.3 is 5.97 Å². The first-order valence-electron chi connectivity index (χ1n) is 5.80. The molecule has 2 heterocycles. The molecule has 0 bridgehead atoms. The number of aryl methyl sites for hydroxylation is 1. The van der Waals surface area contributed by atoms with Crippen LogP contribution in [-0.2, 0) is 0 Å². The third-order valence-corrected chi connectivity index (χ3v) is 3.00. The molecule has 0 atom stereocenters. The summed E-state index contributed by atoms with van der Waals surface area (Å²) < 4.78 is 1.59. The zero-order chi connectivity index (χ0) is 13.4. The van der Waals surface area contributed by atoms with Crippen molar-refractivity contribution < 1.29 is 9.90 Å². The van der Waals surface area contributed by atoms with Crippen molar-refractivity contribution in [3.63, 3.8) is 0 Å². The molecule has 19 heavy (non-hydrogen) atoms. The summed E-state index contributed by atoms with van der Waals surface area (Å²) in [5.41, 5.74) is 2.38. The van der Waals surface area contributed by atoms with Crippen LogP contribution in [0.15, 0.2) is 42.7 Å². The van der Waals surface area contributed by atoms with E-state index in [2.05, 4.69) is 10.1 Å². The average Bonchev–Trinajstić information content (AvgIpc) is 2.80. The Balaban J connectivity index is 2.25. The molecular formula is C14H11N3O2. The first-order chi connectivity index (χ1) is 9.16. The molecule has 5 nitrogen and oxygen atoms in total. The third-order valence-electron chi connectivity index (χ3n) is 3.00. The van der Waals surface area contributed by atoms with E-state index in [-0.39, 0.29) is 5.56 Å². The van der Waals surface area contributed by atoms with Crippen LogP contribution in [0.3, 0.4) is 0 Å². The van der Waals surface area contributed by atoms with E-state index in [1.54, 1.807) is 17.8 Å². The maximum atomic E-state index is 11.1. The number of fused-ring (bicyclic) bond motifs is 1. The standard InChI is InChI=1S/C14H11N3O2/c1-9-11(14(18)19)8-17(16-9)13-6-7-15-12-5-3-2-4-10(12)13/h2-8H,1H3,(H,18,19). The van der Waals surface area contributed by atoms with Gasteiger partial charge < -0.3 is 5.11 Å². The second-order valence-electron chi connectivity index (χ2n) is 4.23. The Morgan fingerprint density at radius 2 is 2.05 bits per heavy atom. The van der Waals surface area contributed by atoms with Crippen LogP contribution < -0.4 is 0 Å². The molecule has 3 aromatic rings. The normalized spacial score (nSPS) is 10.8. The summed E-state index contributed by atoms with van der Waals surface area (Å²) in [5, 5.41) is 14.3. The molecule has 0 unspecified atom stereocenters. The Morgan fingerprint density at radius 3 is 2.79 bits per heavy atom. The maximum Gasteiger partial charge on any atom is 0.339 e. The van der Waals surface area contributed by atoms with E-state index in [0.717, 1.165) is 16.6 Å². The number of carboxylic acids is 1. The predicted octanol–water partition coefficient (Wildman–Crippen LogP) is 2.43. The van der Waals surface area contributed by atoms with Gasteiger partial charge in [0.05, 0.1) is 16.9 Å². The van der Waals surface area contributed by atoms with E-state index < -0.39 is 5.97 Å². The highest BCUT2D eigenvalue weighted by molar-refractivity contribution is 5.90. The monoisotopic (exact) mass is 253 g/mol. The van der Waals surface area contributed by atoms with Crippen molar-refractivity contribution in [3.05, 3.63) is 54.0 Å². The number of aromatic carboxylic acids is 1. The molecule has 0 saturated carbocycles. The lowest BCUT2D eigenvalue weighted by atomic mass is 10.2. The number of nitrogens with zero attached hydrogens (tertiary/aromatic N) is 3. The van der Waals surface area contributed by atoms with Gasteiger partial charge in [0.2, 0.25) is 0 Å². The van der Waals surface area contributed by atoms with Gasteiger partial charge in [-0.1, -0.05) is 18.2 Å². The lowest BCUT2D eigenvalue weighted by molar-refractivity contribution is 0.0696. The van der Waals surface area contributed by atoms with Crippen LogP contribution >= 0.6 is 0 Å². The Kier molecular flexibility index (Phi) is 2.52. The summed E-state index contributed by atoms with van der Waals surface area (Å²) in [7, 11) is 0. The number of hydrogen-bond donors (Lipinski definition) is 1. The van der Waals surface area contributed by atoms with Gasteiger partial charge in [0.25, 0.3) is 0 Å². The van der Waals surface area contributed by atoms with Gasteiger partial charge in [-0.15, -0.1) is 0 Å². The number of carbonyl (C=O) groups is 1. The van der Waals surface area contributed by atoms with Crippen LogP contribution in [0.2, 0.25) is 0 Å². The number of hydrogen-bond acceptors (Lipinski definition) is 3. The molecule has 0 aliphatic rings. The Bertz CT molecular complexity index is 772. The lowest BCUT2D eigenvalue weighted by Crippen LogP contribution is -1.97. The van der Waals surface area contributed by atoms with Crippen molar-refractivity contribution in [3.8, 4) is 5.69 Å². The molecular weight excluding hydrogens is 242 g/mol. The molecule has 94 valence electrons. The van der Waals surface area contributed by atoms with Crippen LogP contribution in [0.5, 0.6) is 0 Å². The molecule has 0 aliphatic heterocycles. The largest absolute Gasteiger partial charge is 0.478 e. The number of rotatable bonds is 2. The summed E-state index contributed by atoms with van der Waals surface area (Å²) in [6.45, 7) is 1.68. The lowest BCUT2D eigenvalue weighted by Gasteiger charge is -2.05. The zero-order valence-corrected chi connectivity index (χ0v) is 10.2. The molecule has 5 heteroatoms. The molecule has 0 amide bonds. The minimum absolute atomic E-state index is 0.209. The van der Waals surface area contributed by atoms with Crippen LogP contribution in [-0.4, -0.2) is 25.8 Å². The summed E-state index contributed by atoms with van der Waals surface area (Å²) in [5.74, 6) is -0.970. The summed E-state index contributed by atoms with van der Waals surface area (Å²) in [4.78, 5) is 15.3. The molecule has 0 spiro atoms. The minimum atomic E-state index is -0.970. The van der Waals surface area contributed by atoms with Gasteiger partial charge in [-0.05, 0) is 19.1 Å². The van der Waals surface area contributed by atoms with Gasteiger partial charge in [0.1, 0.15) is 5.56 Å². The van der Waals surface area contributed by atoms with E-state index in [4.69, 9.17) is 5.11 Å². The number of pyridine rings is 1. The van der Waals surface area contributed by atoms with Gasteiger partial charge in [-0.25, -0.2) is 9.48 Å². The van der Waals surface area contributed by atoms with Gasteiger partial charge in [0, 0.05) is 17.8 Å². The second-order valence-corrected chi connectivity index (χ2v) is 4.23. The molecule has 0 saturated heterocycles. The number of carboxylic acid groups (broad SMARTS) is 1. The maximum absolute atomic E-state index is 11.1. The van der Waals surface area contributed by atoms with E-state index in [1.165, 1.54) is 6.20 Å². The summed E-state index contributed by atoms with van der Waals surface area (Å²) in [6.07, 6.45) is 3.22. The highest BCUT2D eigenvalue weighted by Gasteiger charge is 2.13. The summed E-state index contributed by atoms with van der Waals surface area (Å²) in [6, 6.07) is 9.50. The first kappa shape index (κ1) is 11.4. The summed E-state index contributed by atoms with van der Waals surface area (Å²) >= 11 is 0. The van der Waals surface area contributed by atoms with Crippen molar-refractivity contribution >= 4 is 16.9 Å². The smallest absolute Gasteiger partial charge is 0.339 e. The topological polar surface area (TPSA) is 68.0 Å². The van der Waals surface area contributed by atoms with Gasteiger partial charge in [-0.3, -0.25) is 4.98 Å². The zero-order valence-electron chi connectivity index (χ0n) is 10.2. The first-order valence-corrected chi connectivity index (χ1v) is 5.80. The SMILES string of the molecule is Cc1nn(-c2ccnc3ccccc23)cc1C(=O)O. The minimum Gasteiger partial charge on any atom is -0.478 e. The third kappa shape index (κ3) is 1.85. The van der Waals surface area contributed by atoms with Crippen molar-refractivity contribution in [2.45, 2.75) is 6.92 Å². The average molecular weight is 253 g/mol. The van der Waals surface area contributed by atoms with Gasteiger partial charge in [0.15, 0.2) is 0 Å². The number of aromatic nitrogens is 3. The van der Waals surface area contributed by atoms with E-state index in [1.807, 2.05) is 30.3 Å². The molecule has 0 fully saturated rings. The number of para-hydroxylation sites is 1. The van der Waals surface area contributed by atoms with Gasteiger partial charge in [-0.2, -0.15) is 5.10 Å².